The van der Waals surface area contributed by atoms with Crippen LogP contribution in [0.3, 0.4) is 0 Å². The Morgan fingerprint density at radius 3 is 2.29 bits per heavy atom. The van der Waals surface area contributed by atoms with Crippen LogP contribution in [0.25, 0.3) is 0 Å². The third kappa shape index (κ3) is 4.59. The average Bonchev–Trinajstić information content (AvgIpc) is 2.42. The van der Waals surface area contributed by atoms with Gasteiger partial charge < -0.3 is 15.4 Å². The summed E-state index contributed by atoms with van der Waals surface area (Å²) in [7, 11) is 1.53. The maximum Gasteiger partial charge on any atom is 0.239 e. The van der Waals surface area contributed by atoms with Crippen molar-refractivity contribution in [3.63, 3.8) is 0 Å². The normalized spacial score (nSPS) is 11.1. The molecule has 0 atom stereocenters. The fraction of sp³-hybridized carbons (Fsp3) is 0.429. The smallest absolute Gasteiger partial charge is 0.239 e. The largest absolute Gasteiger partial charge is 0.383 e. The Bertz CT molecular complexity index is 513. The molecule has 0 heterocycles. The first-order valence-corrected chi connectivity index (χ1v) is 7.09. The number of amides is 2. The quantitative estimate of drug-likeness (QED) is 0.621. The molecule has 0 spiro atoms. The van der Waals surface area contributed by atoms with Gasteiger partial charge in [0.1, 0.15) is 5.41 Å². The molecule has 0 unspecified atom stereocenters. The summed E-state index contributed by atoms with van der Waals surface area (Å²) >= 11 is 12.0. The topological polar surface area (TPSA) is 67.4 Å². The van der Waals surface area contributed by atoms with Gasteiger partial charge in [-0.2, -0.15) is 0 Å². The van der Waals surface area contributed by atoms with Crippen LogP contribution in [0.1, 0.15) is 13.8 Å². The molecule has 0 radical (unpaired) electrons. The number of nitrogens with one attached hydrogen (secondary N) is 2. The van der Waals surface area contributed by atoms with Crippen molar-refractivity contribution in [2.75, 3.05) is 25.6 Å². The summed E-state index contributed by atoms with van der Waals surface area (Å²) in [6.45, 7) is 3.75. The molecule has 0 aromatic heterocycles. The van der Waals surface area contributed by atoms with Gasteiger partial charge in [-0.3, -0.25) is 9.59 Å². The number of benzene rings is 1. The van der Waals surface area contributed by atoms with Crippen molar-refractivity contribution in [3.8, 4) is 0 Å². The van der Waals surface area contributed by atoms with Crippen LogP contribution in [-0.4, -0.2) is 32.1 Å². The Morgan fingerprint density at radius 1 is 1.19 bits per heavy atom. The SMILES string of the molecule is COCCNC(=O)C(C)(C)C(=O)Nc1c(Cl)cccc1Cl. The van der Waals surface area contributed by atoms with Crippen molar-refractivity contribution in [3.05, 3.63) is 28.2 Å². The zero-order chi connectivity index (χ0) is 16.0. The summed E-state index contributed by atoms with van der Waals surface area (Å²) in [5.74, 6) is -0.896. The second-order valence-electron chi connectivity index (χ2n) is 4.92. The van der Waals surface area contributed by atoms with Crippen LogP contribution in [0.2, 0.25) is 10.0 Å². The molecule has 0 bridgehead atoms. The summed E-state index contributed by atoms with van der Waals surface area (Å²) < 4.78 is 4.84. The van der Waals surface area contributed by atoms with Crippen molar-refractivity contribution in [2.45, 2.75) is 13.8 Å². The van der Waals surface area contributed by atoms with Crippen LogP contribution in [0.5, 0.6) is 0 Å². The number of methoxy groups -OCH3 is 1. The summed E-state index contributed by atoms with van der Waals surface area (Å²) in [5.41, 5.74) is -0.973. The van der Waals surface area contributed by atoms with E-state index >= 15 is 0 Å². The average molecular weight is 333 g/mol. The zero-order valence-corrected chi connectivity index (χ0v) is 13.6. The predicted molar refractivity (Wildman–Crippen MR) is 83.8 cm³/mol. The van der Waals surface area contributed by atoms with Crippen LogP contribution in [0, 0.1) is 5.41 Å². The minimum atomic E-state index is -1.27. The van der Waals surface area contributed by atoms with Crippen LogP contribution >= 0.6 is 23.2 Å². The molecule has 1 aromatic rings. The van der Waals surface area contributed by atoms with Gasteiger partial charge in [0.15, 0.2) is 0 Å². The molecule has 0 aliphatic carbocycles. The van der Waals surface area contributed by atoms with Crippen molar-refractivity contribution in [1.82, 2.24) is 5.32 Å². The number of rotatable bonds is 6. The number of hydrogen-bond acceptors (Lipinski definition) is 3. The maximum atomic E-state index is 12.3. The van der Waals surface area contributed by atoms with Crippen molar-refractivity contribution >= 4 is 40.7 Å². The molecule has 0 saturated carbocycles. The lowest BCUT2D eigenvalue weighted by Crippen LogP contribution is -2.46. The first-order valence-electron chi connectivity index (χ1n) is 6.33. The minimum Gasteiger partial charge on any atom is -0.383 e. The van der Waals surface area contributed by atoms with Gasteiger partial charge in [-0.05, 0) is 26.0 Å². The predicted octanol–water partition coefficient (Wildman–Crippen LogP) is 2.72. The van der Waals surface area contributed by atoms with E-state index in [1.54, 1.807) is 18.2 Å². The van der Waals surface area contributed by atoms with E-state index in [0.717, 1.165) is 0 Å². The molecule has 21 heavy (non-hydrogen) atoms. The van der Waals surface area contributed by atoms with E-state index in [9.17, 15) is 9.59 Å². The third-order valence-electron chi connectivity index (χ3n) is 2.93. The highest BCUT2D eigenvalue weighted by Crippen LogP contribution is 2.31. The second kappa shape index (κ2) is 7.64. The van der Waals surface area contributed by atoms with Gasteiger partial charge in [-0.25, -0.2) is 0 Å². The monoisotopic (exact) mass is 332 g/mol. The highest BCUT2D eigenvalue weighted by atomic mass is 35.5. The van der Waals surface area contributed by atoms with E-state index in [1.807, 2.05) is 0 Å². The lowest BCUT2D eigenvalue weighted by Gasteiger charge is -2.23. The Kier molecular flexibility index (Phi) is 6.45. The van der Waals surface area contributed by atoms with Gasteiger partial charge in [0.05, 0.1) is 22.3 Å². The maximum absolute atomic E-state index is 12.3. The number of hydrogen-bond donors (Lipinski definition) is 2. The van der Waals surface area contributed by atoms with Gasteiger partial charge in [0.25, 0.3) is 0 Å². The molecular weight excluding hydrogens is 315 g/mol. The van der Waals surface area contributed by atoms with Crippen LogP contribution in [-0.2, 0) is 14.3 Å². The van der Waals surface area contributed by atoms with Gasteiger partial charge in [-0.1, -0.05) is 29.3 Å². The first-order chi connectivity index (χ1) is 9.80. The molecule has 1 rings (SSSR count). The highest BCUT2D eigenvalue weighted by molar-refractivity contribution is 6.40. The number of para-hydroxylation sites is 1. The van der Waals surface area contributed by atoms with E-state index in [1.165, 1.54) is 21.0 Å². The van der Waals surface area contributed by atoms with E-state index in [4.69, 9.17) is 27.9 Å². The van der Waals surface area contributed by atoms with Crippen LogP contribution < -0.4 is 10.6 Å². The summed E-state index contributed by atoms with van der Waals surface area (Å²) in [6, 6.07) is 4.88. The lowest BCUT2D eigenvalue weighted by atomic mass is 9.91. The van der Waals surface area contributed by atoms with Gasteiger partial charge in [0.2, 0.25) is 11.8 Å². The number of halogens is 2. The Hall–Kier alpha value is -1.30. The Morgan fingerprint density at radius 2 is 1.76 bits per heavy atom. The number of carbonyl (C=O) groups excluding carboxylic acids is 2. The standard InChI is InChI=1S/C14H18Cl2N2O3/c1-14(2,12(19)17-7-8-21-3)13(20)18-11-9(15)5-4-6-10(11)16/h4-6H,7-8H2,1-3H3,(H,17,19)(H,18,20). The molecule has 0 aliphatic rings. The molecule has 0 aliphatic heterocycles. The molecule has 116 valence electrons. The fourth-order valence-electron chi connectivity index (χ4n) is 1.48. The third-order valence-corrected chi connectivity index (χ3v) is 3.56. The second-order valence-corrected chi connectivity index (χ2v) is 5.74. The molecular formula is C14H18Cl2N2O3. The van der Waals surface area contributed by atoms with Crippen LogP contribution in [0.15, 0.2) is 18.2 Å². The van der Waals surface area contributed by atoms with Gasteiger partial charge >= 0.3 is 0 Å². The van der Waals surface area contributed by atoms with Crippen molar-refractivity contribution in [1.29, 1.82) is 0 Å². The fourth-order valence-corrected chi connectivity index (χ4v) is 1.97. The Balaban J connectivity index is 2.79. The molecule has 1 aromatic carbocycles. The summed E-state index contributed by atoms with van der Waals surface area (Å²) in [6.07, 6.45) is 0. The molecule has 7 heteroatoms. The summed E-state index contributed by atoms with van der Waals surface area (Å²) in [5, 5.41) is 5.85. The van der Waals surface area contributed by atoms with E-state index in [2.05, 4.69) is 10.6 Å². The van der Waals surface area contributed by atoms with E-state index < -0.39 is 17.2 Å². The number of ether oxygens (including phenoxy) is 1. The number of carbonyl (C=O) groups is 2. The van der Waals surface area contributed by atoms with Crippen molar-refractivity contribution in [2.24, 2.45) is 5.41 Å². The van der Waals surface area contributed by atoms with Gasteiger partial charge in [0, 0.05) is 13.7 Å². The molecule has 0 fully saturated rings. The zero-order valence-electron chi connectivity index (χ0n) is 12.1. The molecule has 2 N–H and O–H groups in total. The molecule has 0 saturated heterocycles. The molecule has 5 nitrogen and oxygen atoms in total. The van der Waals surface area contributed by atoms with Crippen molar-refractivity contribution < 1.29 is 14.3 Å². The highest BCUT2D eigenvalue weighted by Gasteiger charge is 2.36. The number of anilines is 1. The minimum absolute atomic E-state index is 0.295. The van der Waals surface area contributed by atoms with E-state index in [0.29, 0.717) is 28.9 Å². The summed E-state index contributed by atoms with van der Waals surface area (Å²) in [4.78, 5) is 24.3. The Labute approximate surface area is 133 Å². The molecule has 2 amide bonds. The van der Waals surface area contributed by atoms with Crippen LogP contribution in [0.4, 0.5) is 5.69 Å². The van der Waals surface area contributed by atoms with E-state index in [-0.39, 0.29) is 0 Å². The van der Waals surface area contributed by atoms with Gasteiger partial charge in [-0.15, -0.1) is 0 Å². The first kappa shape index (κ1) is 17.8. The lowest BCUT2D eigenvalue weighted by molar-refractivity contribution is -0.138.